The number of aromatic nitrogens is 2. The van der Waals surface area contributed by atoms with Gasteiger partial charge in [0.1, 0.15) is 5.82 Å². The van der Waals surface area contributed by atoms with E-state index >= 15 is 0 Å². The fraction of sp³-hybridized carbons (Fsp3) is 0.389. The zero-order valence-electron chi connectivity index (χ0n) is 14.0. The predicted molar refractivity (Wildman–Crippen MR) is 99.3 cm³/mol. The van der Waals surface area contributed by atoms with Gasteiger partial charge in [0.25, 0.3) is 0 Å². The summed E-state index contributed by atoms with van der Waals surface area (Å²) in [6.45, 7) is 1.87. The van der Waals surface area contributed by atoms with Gasteiger partial charge in [0.05, 0.1) is 5.69 Å². The highest BCUT2D eigenvalue weighted by molar-refractivity contribution is 7.99. The fourth-order valence-electron chi connectivity index (χ4n) is 2.82. The minimum absolute atomic E-state index is 0.0529. The molecule has 1 aliphatic rings. The van der Waals surface area contributed by atoms with Gasteiger partial charge < -0.3 is 10.2 Å². The molecule has 1 N–H and O–H groups in total. The lowest BCUT2D eigenvalue weighted by Crippen LogP contribution is -2.41. The lowest BCUT2D eigenvalue weighted by molar-refractivity contribution is 0.200. The van der Waals surface area contributed by atoms with Crippen LogP contribution < -0.4 is 5.32 Å². The van der Waals surface area contributed by atoms with Gasteiger partial charge >= 0.3 is 6.03 Å². The van der Waals surface area contributed by atoms with Gasteiger partial charge in [0, 0.05) is 30.5 Å². The number of urea groups is 1. The molecule has 24 heavy (non-hydrogen) atoms. The van der Waals surface area contributed by atoms with Crippen LogP contribution in [0, 0.1) is 6.92 Å². The summed E-state index contributed by atoms with van der Waals surface area (Å²) in [5, 5.41) is 3.00. The van der Waals surface area contributed by atoms with E-state index in [1.54, 1.807) is 6.20 Å². The van der Waals surface area contributed by atoms with Crippen LogP contribution in [0.3, 0.4) is 0 Å². The molecule has 0 atom stereocenters. The van der Waals surface area contributed by atoms with E-state index in [4.69, 9.17) is 0 Å². The summed E-state index contributed by atoms with van der Waals surface area (Å²) in [5.74, 6) is 2.99. The van der Waals surface area contributed by atoms with Crippen LogP contribution in [0.2, 0.25) is 0 Å². The van der Waals surface area contributed by atoms with E-state index in [9.17, 15) is 4.79 Å². The predicted octanol–water partition coefficient (Wildman–Crippen LogP) is 3.81. The van der Waals surface area contributed by atoms with Crippen molar-refractivity contribution in [2.75, 3.05) is 23.9 Å². The van der Waals surface area contributed by atoms with Crippen molar-refractivity contribution >= 4 is 23.5 Å². The van der Waals surface area contributed by atoms with E-state index in [1.165, 1.54) is 0 Å². The second-order valence-electron chi connectivity index (χ2n) is 5.95. The Kier molecular flexibility index (Phi) is 5.35. The first-order chi connectivity index (χ1) is 11.6. The molecule has 3 rings (SSSR count). The SMILES string of the molecule is Cc1nccc(-c2cccc(NC(=O)N(C)C3CCSCC3)c2)n1. The smallest absolute Gasteiger partial charge is 0.321 e. The average Bonchev–Trinajstić information content (AvgIpc) is 2.62. The first-order valence-corrected chi connectivity index (χ1v) is 9.30. The Hall–Kier alpha value is -2.08. The number of rotatable bonds is 3. The molecule has 126 valence electrons. The molecule has 2 heterocycles. The Morgan fingerprint density at radius 1 is 1.29 bits per heavy atom. The molecule has 0 unspecified atom stereocenters. The summed E-state index contributed by atoms with van der Waals surface area (Å²) in [5.41, 5.74) is 2.61. The fourth-order valence-corrected chi connectivity index (χ4v) is 3.90. The Bertz CT molecular complexity index is 716. The molecule has 0 bridgehead atoms. The van der Waals surface area contributed by atoms with Gasteiger partial charge in [-0.2, -0.15) is 11.8 Å². The summed E-state index contributed by atoms with van der Waals surface area (Å²) in [4.78, 5) is 22.9. The highest BCUT2D eigenvalue weighted by Crippen LogP contribution is 2.23. The van der Waals surface area contributed by atoms with Crippen LogP contribution in [0.25, 0.3) is 11.3 Å². The Labute approximate surface area is 146 Å². The molecule has 0 saturated carbocycles. The molecule has 5 nitrogen and oxygen atoms in total. The third-order valence-electron chi connectivity index (χ3n) is 4.24. The van der Waals surface area contributed by atoms with E-state index in [0.29, 0.717) is 6.04 Å². The van der Waals surface area contributed by atoms with Crippen molar-refractivity contribution in [1.29, 1.82) is 0 Å². The zero-order chi connectivity index (χ0) is 16.9. The zero-order valence-corrected chi connectivity index (χ0v) is 14.8. The summed E-state index contributed by atoms with van der Waals surface area (Å²) in [7, 11) is 1.88. The largest absolute Gasteiger partial charge is 0.325 e. The van der Waals surface area contributed by atoms with E-state index in [0.717, 1.165) is 47.1 Å². The molecule has 1 saturated heterocycles. The highest BCUT2D eigenvalue weighted by Gasteiger charge is 2.22. The van der Waals surface area contributed by atoms with Crippen LogP contribution >= 0.6 is 11.8 Å². The summed E-state index contributed by atoms with van der Waals surface area (Å²) < 4.78 is 0. The molecule has 1 fully saturated rings. The molecule has 1 aromatic carbocycles. The van der Waals surface area contributed by atoms with Gasteiger partial charge in [-0.15, -0.1) is 0 Å². The lowest BCUT2D eigenvalue weighted by atomic mass is 10.1. The second-order valence-corrected chi connectivity index (χ2v) is 7.18. The van der Waals surface area contributed by atoms with Gasteiger partial charge in [0.15, 0.2) is 0 Å². The molecular formula is C18H22N4OS. The third kappa shape index (κ3) is 4.06. The van der Waals surface area contributed by atoms with Crippen molar-refractivity contribution < 1.29 is 4.79 Å². The normalized spacial score (nSPS) is 15.1. The van der Waals surface area contributed by atoms with E-state index < -0.39 is 0 Å². The van der Waals surface area contributed by atoms with E-state index in [2.05, 4.69) is 15.3 Å². The van der Waals surface area contributed by atoms with Gasteiger partial charge in [-0.1, -0.05) is 12.1 Å². The van der Waals surface area contributed by atoms with Crippen molar-refractivity contribution in [2.24, 2.45) is 0 Å². The van der Waals surface area contributed by atoms with Crippen LogP contribution in [0.1, 0.15) is 18.7 Å². The van der Waals surface area contributed by atoms with E-state index in [-0.39, 0.29) is 6.03 Å². The number of carbonyl (C=O) groups is 1. The number of aryl methyl sites for hydroxylation is 1. The van der Waals surface area contributed by atoms with Crippen molar-refractivity contribution in [3.05, 3.63) is 42.4 Å². The van der Waals surface area contributed by atoms with Crippen LogP contribution in [0.4, 0.5) is 10.5 Å². The second kappa shape index (κ2) is 7.66. The molecule has 0 radical (unpaired) electrons. The standard InChI is InChI=1S/C18H22N4OS/c1-13-19-9-6-17(20-13)14-4-3-5-15(12-14)21-18(23)22(2)16-7-10-24-11-8-16/h3-6,9,12,16H,7-8,10-11H2,1-2H3,(H,21,23). The summed E-state index contributed by atoms with van der Waals surface area (Å²) >= 11 is 1.96. The third-order valence-corrected chi connectivity index (χ3v) is 5.29. The quantitative estimate of drug-likeness (QED) is 0.921. The van der Waals surface area contributed by atoms with Crippen molar-refractivity contribution in [2.45, 2.75) is 25.8 Å². The topological polar surface area (TPSA) is 58.1 Å². The van der Waals surface area contributed by atoms with Gasteiger partial charge in [0.2, 0.25) is 0 Å². The number of nitrogens with one attached hydrogen (secondary N) is 1. The Morgan fingerprint density at radius 2 is 2.08 bits per heavy atom. The number of carbonyl (C=O) groups excluding carboxylic acids is 1. The number of hydrogen-bond donors (Lipinski definition) is 1. The number of amides is 2. The molecular weight excluding hydrogens is 320 g/mol. The summed E-state index contributed by atoms with van der Waals surface area (Å²) in [6, 6.07) is 9.92. The Morgan fingerprint density at radius 3 is 2.83 bits per heavy atom. The maximum atomic E-state index is 12.5. The van der Waals surface area contributed by atoms with Crippen LogP contribution in [0.5, 0.6) is 0 Å². The van der Waals surface area contributed by atoms with Gasteiger partial charge in [-0.25, -0.2) is 14.8 Å². The number of benzene rings is 1. The van der Waals surface area contributed by atoms with Crippen molar-refractivity contribution in [3.8, 4) is 11.3 Å². The number of nitrogens with zero attached hydrogens (tertiary/aromatic N) is 3. The first kappa shape index (κ1) is 16.8. The van der Waals surface area contributed by atoms with Crippen molar-refractivity contribution in [3.63, 3.8) is 0 Å². The van der Waals surface area contributed by atoms with Crippen LogP contribution in [-0.4, -0.2) is 45.5 Å². The van der Waals surface area contributed by atoms with Crippen LogP contribution in [0.15, 0.2) is 36.5 Å². The maximum Gasteiger partial charge on any atom is 0.321 e. The maximum absolute atomic E-state index is 12.5. The van der Waals surface area contributed by atoms with E-state index in [1.807, 2.05) is 61.0 Å². The number of anilines is 1. The molecule has 6 heteroatoms. The highest BCUT2D eigenvalue weighted by atomic mass is 32.2. The molecule has 0 aliphatic carbocycles. The molecule has 2 amide bonds. The molecule has 1 aromatic heterocycles. The minimum atomic E-state index is -0.0529. The molecule has 2 aromatic rings. The van der Waals surface area contributed by atoms with Crippen LogP contribution in [-0.2, 0) is 0 Å². The molecule has 1 aliphatic heterocycles. The summed E-state index contributed by atoms with van der Waals surface area (Å²) in [6.07, 6.45) is 3.88. The number of thioether (sulfide) groups is 1. The monoisotopic (exact) mass is 342 g/mol. The molecule has 0 spiro atoms. The lowest BCUT2D eigenvalue weighted by Gasteiger charge is -2.31. The Balaban J connectivity index is 1.71. The average molecular weight is 342 g/mol. The number of hydrogen-bond acceptors (Lipinski definition) is 4. The van der Waals surface area contributed by atoms with Crippen molar-refractivity contribution in [1.82, 2.24) is 14.9 Å². The first-order valence-electron chi connectivity index (χ1n) is 8.15. The van der Waals surface area contributed by atoms with Gasteiger partial charge in [-0.3, -0.25) is 0 Å². The van der Waals surface area contributed by atoms with Gasteiger partial charge in [-0.05, 0) is 49.5 Å². The minimum Gasteiger partial charge on any atom is -0.325 e.